The molecule has 2 unspecified atom stereocenters. The first kappa shape index (κ1) is 12.4. The van der Waals surface area contributed by atoms with Crippen LogP contribution in [0.4, 0.5) is 5.69 Å². The number of aryl methyl sites for hydroxylation is 1. The van der Waals surface area contributed by atoms with E-state index in [4.69, 9.17) is 5.73 Å². The summed E-state index contributed by atoms with van der Waals surface area (Å²) < 4.78 is 0. The Kier molecular flexibility index (Phi) is 3.53. The zero-order valence-corrected chi connectivity index (χ0v) is 11.9. The minimum atomic E-state index is 0.649. The van der Waals surface area contributed by atoms with E-state index in [1.54, 1.807) is 0 Å². The van der Waals surface area contributed by atoms with E-state index in [9.17, 15) is 0 Å². The van der Waals surface area contributed by atoms with Gasteiger partial charge in [-0.1, -0.05) is 13.0 Å². The van der Waals surface area contributed by atoms with Crippen molar-refractivity contribution in [3.05, 3.63) is 29.3 Å². The molecule has 2 atom stereocenters. The predicted molar refractivity (Wildman–Crippen MR) is 80.0 cm³/mol. The Hall–Kier alpha value is -0.670. The van der Waals surface area contributed by atoms with Gasteiger partial charge in [-0.3, -0.25) is 4.90 Å². The molecule has 0 saturated carbocycles. The number of fused-ring (bicyclic) bond motifs is 1. The van der Waals surface area contributed by atoms with Crippen LogP contribution in [-0.4, -0.2) is 29.0 Å². The Balaban J connectivity index is 1.79. The van der Waals surface area contributed by atoms with Gasteiger partial charge in [0, 0.05) is 35.8 Å². The van der Waals surface area contributed by atoms with Crippen LogP contribution < -0.4 is 5.73 Å². The SMILES string of the molecule is CCC1CN(C2CCc3cc(N)ccc32)CCS1. The molecule has 2 N–H and O–H groups in total. The van der Waals surface area contributed by atoms with Gasteiger partial charge in [0.1, 0.15) is 0 Å². The second kappa shape index (κ2) is 5.14. The lowest BCUT2D eigenvalue weighted by atomic mass is 10.1. The van der Waals surface area contributed by atoms with Gasteiger partial charge >= 0.3 is 0 Å². The Bertz CT molecular complexity index is 433. The van der Waals surface area contributed by atoms with Crippen molar-refractivity contribution in [3.63, 3.8) is 0 Å². The molecular formula is C15H22N2S. The lowest BCUT2D eigenvalue weighted by Crippen LogP contribution is -2.39. The fourth-order valence-electron chi connectivity index (χ4n) is 3.27. The molecule has 3 heteroatoms. The monoisotopic (exact) mass is 262 g/mol. The normalized spacial score (nSPS) is 28.3. The molecule has 1 aromatic rings. The van der Waals surface area contributed by atoms with Gasteiger partial charge in [-0.15, -0.1) is 0 Å². The van der Waals surface area contributed by atoms with Crippen LogP contribution in [0.3, 0.4) is 0 Å². The topological polar surface area (TPSA) is 29.3 Å². The van der Waals surface area contributed by atoms with Crippen LogP contribution in [0, 0.1) is 0 Å². The molecular weight excluding hydrogens is 240 g/mol. The van der Waals surface area contributed by atoms with E-state index in [0.717, 1.165) is 10.9 Å². The van der Waals surface area contributed by atoms with Crippen LogP contribution >= 0.6 is 11.8 Å². The molecule has 1 saturated heterocycles. The third-order valence-electron chi connectivity index (χ3n) is 4.28. The van der Waals surface area contributed by atoms with Crippen molar-refractivity contribution in [1.82, 2.24) is 4.90 Å². The highest BCUT2D eigenvalue weighted by Crippen LogP contribution is 2.38. The second-order valence-electron chi connectivity index (χ2n) is 5.41. The van der Waals surface area contributed by atoms with Crippen LogP contribution in [0.1, 0.15) is 36.9 Å². The Morgan fingerprint density at radius 3 is 3.17 bits per heavy atom. The molecule has 1 aliphatic heterocycles. The minimum Gasteiger partial charge on any atom is -0.399 e. The van der Waals surface area contributed by atoms with Gasteiger partial charge in [0.2, 0.25) is 0 Å². The van der Waals surface area contributed by atoms with Crippen molar-refractivity contribution in [2.24, 2.45) is 0 Å². The number of nitrogens with zero attached hydrogens (tertiary/aromatic N) is 1. The second-order valence-corrected chi connectivity index (χ2v) is 6.82. The molecule has 18 heavy (non-hydrogen) atoms. The molecule has 0 aromatic heterocycles. The number of thioether (sulfide) groups is 1. The largest absolute Gasteiger partial charge is 0.399 e. The first-order valence-corrected chi connectivity index (χ1v) is 8.06. The van der Waals surface area contributed by atoms with Crippen LogP contribution in [0.5, 0.6) is 0 Å². The van der Waals surface area contributed by atoms with E-state index in [-0.39, 0.29) is 0 Å². The van der Waals surface area contributed by atoms with Crippen LogP contribution in [0.2, 0.25) is 0 Å². The molecule has 2 nitrogen and oxygen atoms in total. The maximum atomic E-state index is 5.88. The van der Waals surface area contributed by atoms with Gasteiger partial charge in [0.25, 0.3) is 0 Å². The summed E-state index contributed by atoms with van der Waals surface area (Å²) in [6, 6.07) is 7.14. The lowest BCUT2D eigenvalue weighted by molar-refractivity contribution is 0.202. The van der Waals surface area contributed by atoms with Crippen molar-refractivity contribution >= 4 is 17.4 Å². The summed E-state index contributed by atoms with van der Waals surface area (Å²) in [6.07, 6.45) is 3.77. The molecule has 2 aliphatic rings. The van der Waals surface area contributed by atoms with Crippen molar-refractivity contribution in [1.29, 1.82) is 0 Å². The number of rotatable bonds is 2. The predicted octanol–water partition coefficient (Wildman–Crippen LogP) is 3.08. The molecule has 0 bridgehead atoms. The minimum absolute atomic E-state index is 0.649. The molecule has 0 radical (unpaired) electrons. The maximum absolute atomic E-state index is 5.88. The van der Waals surface area contributed by atoms with E-state index in [2.05, 4.69) is 41.8 Å². The number of hydrogen-bond acceptors (Lipinski definition) is 3. The quantitative estimate of drug-likeness (QED) is 0.831. The van der Waals surface area contributed by atoms with E-state index in [0.29, 0.717) is 6.04 Å². The number of hydrogen-bond donors (Lipinski definition) is 1. The molecule has 0 spiro atoms. The van der Waals surface area contributed by atoms with Crippen LogP contribution in [0.25, 0.3) is 0 Å². The van der Waals surface area contributed by atoms with Gasteiger partial charge in [-0.2, -0.15) is 11.8 Å². The number of nitrogens with two attached hydrogens (primary N) is 1. The molecule has 1 fully saturated rings. The standard InChI is InChI=1S/C15H22N2S/c1-2-13-10-17(7-8-18-13)15-6-3-11-9-12(16)4-5-14(11)15/h4-5,9,13,15H,2-3,6-8,10,16H2,1H3. The van der Waals surface area contributed by atoms with Crippen molar-refractivity contribution < 1.29 is 0 Å². The first-order chi connectivity index (χ1) is 8.78. The summed E-state index contributed by atoms with van der Waals surface area (Å²) in [7, 11) is 0. The number of nitrogen functional groups attached to an aromatic ring is 1. The Morgan fingerprint density at radius 1 is 1.44 bits per heavy atom. The van der Waals surface area contributed by atoms with Crippen molar-refractivity contribution in [2.75, 3.05) is 24.6 Å². The van der Waals surface area contributed by atoms with Crippen molar-refractivity contribution in [2.45, 2.75) is 37.5 Å². The third-order valence-corrected chi connectivity index (χ3v) is 5.65. The average Bonchev–Trinajstić information content (AvgIpc) is 2.81. The van der Waals surface area contributed by atoms with Crippen molar-refractivity contribution in [3.8, 4) is 0 Å². The number of benzene rings is 1. The summed E-state index contributed by atoms with van der Waals surface area (Å²) in [5, 5.41) is 0.830. The van der Waals surface area contributed by atoms with Crippen LogP contribution in [-0.2, 0) is 6.42 Å². The summed E-state index contributed by atoms with van der Waals surface area (Å²) in [5.74, 6) is 1.29. The van der Waals surface area contributed by atoms with Gasteiger partial charge < -0.3 is 5.73 Å². The van der Waals surface area contributed by atoms with Gasteiger partial charge in [0.05, 0.1) is 0 Å². The third kappa shape index (κ3) is 2.26. The average molecular weight is 262 g/mol. The van der Waals surface area contributed by atoms with Gasteiger partial charge in [0.15, 0.2) is 0 Å². The summed E-state index contributed by atoms with van der Waals surface area (Å²) >= 11 is 2.15. The zero-order valence-electron chi connectivity index (χ0n) is 11.1. The highest BCUT2D eigenvalue weighted by atomic mass is 32.2. The van der Waals surface area contributed by atoms with Gasteiger partial charge in [-0.25, -0.2) is 0 Å². The first-order valence-electron chi connectivity index (χ1n) is 7.02. The summed E-state index contributed by atoms with van der Waals surface area (Å²) in [4.78, 5) is 2.70. The summed E-state index contributed by atoms with van der Waals surface area (Å²) in [5.41, 5.74) is 9.80. The number of anilines is 1. The Labute approximate surface area is 114 Å². The highest BCUT2D eigenvalue weighted by Gasteiger charge is 2.31. The molecule has 0 amide bonds. The van der Waals surface area contributed by atoms with Crippen LogP contribution in [0.15, 0.2) is 18.2 Å². The summed E-state index contributed by atoms with van der Waals surface area (Å²) in [6.45, 7) is 4.82. The molecule has 98 valence electrons. The smallest absolute Gasteiger partial charge is 0.0354 e. The highest BCUT2D eigenvalue weighted by molar-refractivity contribution is 8.00. The fraction of sp³-hybridized carbons (Fsp3) is 0.600. The maximum Gasteiger partial charge on any atom is 0.0354 e. The van der Waals surface area contributed by atoms with E-state index in [1.165, 1.54) is 49.2 Å². The zero-order chi connectivity index (χ0) is 12.5. The molecule has 3 rings (SSSR count). The van der Waals surface area contributed by atoms with E-state index in [1.807, 2.05) is 0 Å². The van der Waals surface area contributed by atoms with E-state index < -0.39 is 0 Å². The molecule has 1 heterocycles. The molecule has 1 aliphatic carbocycles. The fourth-order valence-corrected chi connectivity index (χ4v) is 4.47. The van der Waals surface area contributed by atoms with E-state index >= 15 is 0 Å². The Morgan fingerprint density at radius 2 is 2.33 bits per heavy atom. The lowest BCUT2D eigenvalue weighted by Gasteiger charge is -2.36. The van der Waals surface area contributed by atoms with Gasteiger partial charge in [-0.05, 0) is 42.5 Å². The molecule has 1 aromatic carbocycles.